The Morgan fingerprint density at radius 3 is 2.06 bits per heavy atom. The van der Waals surface area contributed by atoms with Crippen LogP contribution in [0.1, 0.15) is 11.6 Å². The van der Waals surface area contributed by atoms with E-state index in [0.717, 1.165) is 4.90 Å². The van der Waals surface area contributed by atoms with Gasteiger partial charge in [-0.05, 0) is 48.0 Å². The molecule has 0 bridgehead atoms. The summed E-state index contributed by atoms with van der Waals surface area (Å²) in [5.41, 5.74) is 1.61. The van der Waals surface area contributed by atoms with E-state index in [4.69, 9.17) is 51.2 Å². The predicted molar refractivity (Wildman–Crippen MR) is 125 cm³/mol. The van der Waals surface area contributed by atoms with E-state index in [0.29, 0.717) is 37.0 Å². The van der Waals surface area contributed by atoms with Crippen molar-refractivity contribution in [3.05, 3.63) is 92.4 Å². The Balaban J connectivity index is 1.62. The van der Waals surface area contributed by atoms with E-state index < -0.39 is 29.9 Å². The summed E-state index contributed by atoms with van der Waals surface area (Å²) in [6.07, 6.45) is -1.03. The number of amides is 2. The molecule has 0 unspecified atom stereocenters. The van der Waals surface area contributed by atoms with Crippen molar-refractivity contribution in [2.45, 2.75) is 12.1 Å². The lowest BCUT2D eigenvalue weighted by atomic mass is 9.90. The Labute approximate surface area is 203 Å². The number of imide groups is 1. The van der Waals surface area contributed by atoms with Crippen molar-refractivity contribution in [1.82, 2.24) is 0 Å². The number of halogens is 4. The molecule has 2 aliphatic heterocycles. The van der Waals surface area contributed by atoms with Gasteiger partial charge in [-0.3, -0.25) is 14.4 Å². The van der Waals surface area contributed by atoms with Crippen molar-refractivity contribution in [3.63, 3.8) is 0 Å². The largest absolute Gasteiger partial charge is 0.273 e. The third-order valence-electron chi connectivity index (χ3n) is 5.51. The Bertz CT molecular complexity index is 1220. The minimum absolute atomic E-state index is 0.294. The summed E-state index contributed by atoms with van der Waals surface area (Å²) in [6.45, 7) is 0. The molecule has 3 aromatic rings. The summed E-state index contributed by atoms with van der Waals surface area (Å²) >= 11 is 24.8. The molecule has 5 nitrogen and oxygen atoms in total. The fraction of sp³-hybridized carbons (Fsp3) is 0.130. The molecule has 0 aliphatic carbocycles. The Morgan fingerprint density at radius 2 is 1.41 bits per heavy atom. The summed E-state index contributed by atoms with van der Waals surface area (Å²) < 4.78 is 0. The zero-order valence-electron chi connectivity index (χ0n) is 16.2. The zero-order chi connectivity index (χ0) is 22.6. The Morgan fingerprint density at radius 1 is 0.719 bits per heavy atom. The van der Waals surface area contributed by atoms with Crippen molar-refractivity contribution in [1.29, 1.82) is 0 Å². The second kappa shape index (κ2) is 8.25. The second-order valence-corrected chi connectivity index (χ2v) is 9.18. The fourth-order valence-corrected chi connectivity index (χ4v) is 5.23. The summed E-state index contributed by atoms with van der Waals surface area (Å²) in [5.74, 6) is -1.75. The monoisotopic (exact) mass is 506 g/mol. The van der Waals surface area contributed by atoms with Crippen LogP contribution < -0.4 is 9.96 Å². The first-order valence-corrected chi connectivity index (χ1v) is 11.2. The molecule has 0 N–H and O–H groups in total. The number of fused-ring (bicyclic) bond motifs is 1. The highest BCUT2D eigenvalue weighted by Gasteiger charge is 2.60. The molecule has 0 saturated carbocycles. The summed E-state index contributed by atoms with van der Waals surface area (Å²) in [7, 11) is 0. The zero-order valence-corrected chi connectivity index (χ0v) is 19.2. The molecule has 0 aromatic heterocycles. The lowest BCUT2D eigenvalue weighted by molar-refractivity contribution is -0.126. The van der Waals surface area contributed by atoms with Crippen molar-refractivity contribution >= 4 is 69.6 Å². The van der Waals surface area contributed by atoms with Crippen LogP contribution in [0.5, 0.6) is 0 Å². The quantitative estimate of drug-likeness (QED) is 0.387. The molecular weight excluding hydrogens is 494 g/mol. The first-order chi connectivity index (χ1) is 15.3. The Kier molecular flexibility index (Phi) is 5.56. The van der Waals surface area contributed by atoms with Crippen LogP contribution >= 0.6 is 46.4 Å². The van der Waals surface area contributed by atoms with Crippen LogP contribution in [0.4, 0.5) is 11.4 Å². The van der Waals surface area contributed by atoms with Gasteiger partial charge < -0.3 is 0 Å². The number of benzene rings is 3. The van der Waals surface area contributed by atoms with Crippen molar-refractivity contribution in [2.24, 2.45) is 5.92 Å². The van der Waals surface area contributed by atoms with Crippen molar-refractivity contribution < 1.29 is 14.4 Å². The third kappa shape index (κ3) is 3.54. The van der Waals surface area contributed by atoms with Crippen LogP contribution in [0.25, 0.3) is 0 Å². The molecule has 2 aliphatic rings. The molecular formula is C23H14Cl4N2O3. The highest BCUT2D eigenvalue weighted by Crippen LogP contribution is 2.49. The lowest BCUT2D eigenvalue weighted by Crippen LogP contribution is -2.37. The predicted octanol–water partition coefficient (Wildman–Crippen LogP) is 6.35. The van der Waals surface area contributed by atoms with Crippen LogP contribution in [-0.2, 0) is 14.4 Å². The van der Waals surface area contributed by atoms with E-state index in [-0.39, 0.29) is 0 Å². The van der Waals surface area contributed by atoms with Crippen LogP contribution in [0, 0.1) is 5.92 Å². The number of nitrogens with zero attached hydrogens (tertiary/aromatic N) is 2. The highest BCUT2D eigenvalue weighted by atomic mass is 35.5. The Hall–Kier alpha value is -2.28. The van der Waals surface area contributed by atoms with Gasteiger partial charge >= 0.3 is 0 Å². The number of carbonyl (C=O) groups excluding carboxylic acids is 2. The van der Waals surface area contributed by atoms with E-state index in [1.54, 1.807) is 23.3 Å². The summed E-state index contributed by atoms with van der Waals surface area (Å²) in [6, 6.07) is 18.2. The first kappa shape index (κ1) is 21.6. The van der Waals surface area contributed by atoms with Crippen molar-refractivity contribution in [2.75, 3.05) is 9.96 Å². The van der Waals surface area contributed by atoms with Gasteiger partial charge in [0, 0.05) is 20.1 Å². The van der Waals surface area contributed by atoms with Gasteiger partial charge in [-0.15, -0.1) is 0 Å². The van der Waals surface area contributed by atoms with Gasteiger partial charge in [-0.2, -0.15) is 0 Å². The molecule has 162 valence electrons. The fourth-order valence-electron chi connectivity index (χ4n) is 4.19. The molecule has 2 fully saturated rings. The molecule has 3 atom stereocenters. The molecule has 2 heterocycles. The molecule has 32 heavy (non-hydrogen) atoms. The normalized spacial score (nSPS) is 22.6. The SMILES string of the molecule is O=C1[C@H]2[C@@H](ON(c3ccccc3)[C@H]2c2ccc(Cl)cc2Cl)C(=O)N1c1cc(Cl)cc(Cl)c1. The number of hydrogen-bond acceptors (Lipinski definition) is 4. The van der Waals surface area contributed by atoms with Crippen LogP contribution in [0.15, 0.2) is 66.7 Å². The molecule has 2 saturated heterocycles. The number of hydrogen-bond donors (Lipinski definition) is 0. The third-order valence-corrected chi connectivity index (χ3v) is 6.51. The second-order valence-electron chi connectivity index (χ2n) is 7.46. The molecule has 2 amide bonds. The van der Waals surface area contributed by atoms with E-state index in [1.807, 2.05) is 30.3 Å². The number of carbonyl (C=O) groups is 2. The summed E-state index contributed by atoms with van der Waals surface area (Å²) in [4.78, 5) is 34.1. The smallest absolute Gasteiger partial charge is 0.266 e. The van der Waals surface area contributed by atoms with Crippen molar-refractivity contribution in [3.8, 4) is 0 Å². The lowest BCUT2D eigenvalue weighted by Gasteiger charge is -2.29. The van der Waals surface area contributed by atoms with Gasteiger partial charge in [0.1, 0.15) is 5.92 Å². The van der Waals surface area contributed by atoms with Gasteiger partial charge in [0.25, 0.3) is 5.91 Å². The maximum absolute atomic E-state index is 13.6. The number of rotatable bonds is 3. The average Bonchev–Trinajstić information content (AvgIpc) is 3.24. The molecule has 9 heteroatoms. The topological polar surface area (TPSA) is 49.9 Å². The van der Waals surface area contributed by atoms with Gasteiger partial charge in [-0.1, -0.05) is 70.7 Å². The first-order valence-electron chi connectivity index (χ1n) is 9.65. The van der Waals surface area contributed by atoms with E-state index in [9.17, 15) is 9.59 Å². The van der Waals surface area contributed by atoms with E-state index in [1.165, 1.54) is 18.2 Å². The van der Waals surface area contributed by atoms with Crippen LogP contribution in [0.3, 0.4) is 0 Å². The molecule has 0 spiro atoms. The highest BCUT2D eigenvalue weighted by molar-refractivity contribution is 6.36. The van der Waals surface area contributed by atoms with Crippen LogP contribution in [0.2, 0.25) is 20.1 Å². The van der Waals surface area contributed by atoms with E-state index >= 15 is 0 Å². The van der Waals surface area contributed by atoms with Gasteiger partial charge in [-0.25, -0.2) is 9.96 Å². The van der Waals surface area contributed by atoms with E-state index in [2.05, 4.69) is 0 Å². The standard InChI is InChI=1S/C23H14Cl4N2O3/c24-12-6-7-17(18(27)11-12)20-19-21(32-29(20)15-4-2-1-3-5-15)23(31)28(22(19)30)16-9-13(25)8-14(26)10-16/h1-11,19-21H/t19-,20+,21-/m1/s1. The summed E-state index contributed by atoms with van der Waals surface area (Å²) in [5, 5.41) is 3.04. The molecule has 3 aromatic carbocycles. The van der Waals surface area contributed by atoms with Gasteiger partial charge in [0.15, 0.2) is 6.10 Å². The minimum atomic E-state index is -1.03. The maximum atomic E-state index is 13.6. The maximum Gasteiger partial charge on any atom is 0.266 e. The van der Waals surface area contributed by atoms with Gasteiger partial charge in [0.05, 0.1) is 17.4 Å². The molecule has 0 radical (unpaired) electrons. The number of hydroxylamine groups is 1. The number of para-hydroxylation sites is 1. The minimum Gasteiger partial charge on any atom is -0.273 e. The van der Waals surface area contributed by atoms with Crippen LogP contribution in [-0.4, -0.2) is 17.9 Å². The average molecular weight is 508 g/mol. The number of anilines is 2. The molecule has 5 rings (SSSR count). The van der Waals surface area contributed by atoms with Gasteiger partial charge in [0.2, 0.25) is 5.91 Å².